The van der Waals surface area contributed by atoms with Crippen molar-refractivity contribution in [3.63, 3.8) is 0 Å². The molecule has 0 aliphatic rings. The summed E-state index contributed by atoms with van der Waals surface area (Å²) in [7, 11) is 0. The minimum absolute atomic E-state index is 0.192. The van der Waals surface area contributed by atoms with Gasteiger partial charge in [0.15, 0.2) is 0 Å². The fraction of sp³-hybridized carbons (Fsp3) is 0.455. The van der Waals surface area contributed by atoms with Crippen LogP contribution < -0.4 is 0 Å². The van der Waals surface area contributed by atoms with Crippen molar-refractivity contribution in [2.75, 3.05) is 12.4 Å². The lowest BCUT2D eigenvalue weighted by Crippen LogP contribution is -2.15. The van der Waals surface area contributed by atoms with Crippen LogP contribution in [0.15, 0.2) is 24.3 Å². The van der Waals surface area contributed by atoms with Crippen molar-refractivity contribution in [3.8, 4) is 0 Å². The maximum atomic E-state index is 9.22. The first kappa shape index (κ1) is 12.8. The van der Waals surface area contributed by atoms with Gasteiger partial charge in [0.1, 0.15) is 0 Å². The Morgan fingerprint density at radius 3 is 2.67 bits per heavy atom. The first-order valence-corrected chi connectivity index (χ1v) is 6.22. The van der Waals surface area contributed by atoms with Gasteiger partial charge in [-0.15, -0.1) is 0 Å². The van der Waals surface area contributed by atoms with E-state index in [0.717, 1.165) is 10.6 Å². The summed E-state index contributed by atoms with van der Waals surface area (Å²) in [5.74, 6) is 0.517. The molecular formula is C11H15ClO2S. The molecule has 0 unspecified atom stereocenters. The Labute approximate surface area is 99.3 Å². The number of rotatable bonds is 5. The summed E-state index contributed by atoms with van der Waals surface area (Å²) in [5, 5.41) is 18.9. The SMILES string of the molecule is C[C@H](SC[C@@H](O)CO)c1ccccc1Cl. The zero-order valence-corrected chi connectivity index (χ0v) is 10.1. The topological polar surface area (TPSA) is 40.5 Å². The number of hydrogen-bond donors (Lipinski definition) is 2. The summed E-state index contributed by atoms with van der Waals surface area (Å²) in [6.45, 7) is 1.85. The van der Waals surface area contributed by atoms with Gasteiger partial charge in [-0.1, -0.05) is 29.8 Å². The van der Waals surface area contributed by atoms with Gasteiger partial charge in [-0.3, -0.25) is 0 Å². The van der Waals surface area contributed by atoms with Gasteiger partial charge in [0.05, 0.1) is 12.7 Å². The lowest BCUT2D eigenvalue weighted by molar-refractivity contribution is 0.113. The van der Waals surface area contributed by atoms with Crippen molar-refractivity contribution in [2.45, 2.75) is 18.3 Å². The molecule has 0 aliphatic heterocycles. The molecule has 15 heavy (non-hydrogen) atoms. The highest BCUT2D eigenvalue weighted by Crippen LogP contribution is 2.32. The van der Waals surface area contributed by atoms with Crippen LogP contribution in [0.1, 0.15) is 17.7 Å². The summed E-state index contributed by atoms with van der Waals surface area (Å²) in [6, 6.07) is 7.67. The van der Waals surface area contributed by atoms with Crippen molar-refractivity contribution in [1.29, 1.82) is 0 Å². The molecule has 2 atom stereocenters. The standard InChI is InChI=1S/C11H15ClO2S/c1-8(15-7-9(14)6-13)10-4-2-3-5-11(10)12/h2-5,8-9,13-14H,6-7H2,1H3/t8-,9-/m0/s1. The number of aliphatic hydroxyl groups is 2. The monoisotopic (exact) mass is 246 g/mol. The molecule has 0 aromatic heterocycles. The van der Waals surface area contributed by atoms with E-state index in [0.29, 0.717) is 5.75 Å². The van der Waals surface area contributed by atoms with Gasteiger partial charge in [-0.05, 0) is 18.6 Å². The third-order valence-electron chi connectivity index (χ3n) is 2.09. The highest BCUT2D eigenvalue weighted by Gasteiger charge is 2.11. The maximum Gasteiger partial charge on any atom is 0.0861 e. The van der Waals surface area contributed by atoms with Gasteiger partial charge in [0.2, 0.25) is 0 Å². The molecular weight excluding hydrogens is 232 g/mol. The predicted octanol–water partition coefficient (Wildman–Crippen LogP) is 2.49. The zero-order valence-electron chi connectivity index (χ0n) is 8.56. The van der Waals surface area contributed by atoms with Crippen molar-refractivity contribution >= 4 is 23.4 Å². The van der Waals surface area contributed by atoms with E-state index in [-0.39, 0.29) is 11.9 Å². The summed E-state index contributed by atoms with van der Waals surface area (Å²) >= 11 is 7.62. The normalized spacial score (nSPS) is 14.9. The number of benzene rings is 1. The van der Waals surface area contributed by atoms with E-state index in [4.69, 9.17) is 16.7 Å². The lowest BCUT2D eigenvalue weighted by atomic mass is 10.2. The highest BCUT2D eigenvalue weighted by molar-refractivity contribution is 7.99. The van der Waals surface area contributed by atoms with Gasteiger partial charge >= 0.3 is 0 Å². The van der Waals surface area contributed by atoms with Crippen LogP contribution in [-0.2, 0) is 0 Å². The summed E-state index contributed by atoms with van der Waals surface area (Å²) < 4.78 is 0. The molecule has 2 nitrogen and oxygen atoms in total. The van der Waals surface area contributed by atoms with Gasteiger partial charge in [-0.2, -0.15) is 11.8 Å². The van der Waals surface area contributed by atoms with E-state index in [1.165, 1.54) is 0 Å². The van der Waals surface area contributed by atoms with E-state index in [9.17, 15) is 5.11 Å². The second kappa shape index (κ2) is 6.38. The minimum Gasteiger partial charge on any atom is -0.394 e. The number of aliphatic hydroxyl groups excluding tert-OH is 2. The summed E-state index contributed by atoms with van der Waals surface area (Å²) in [6.07, 6.45) is -0.653. The first-order valence-electron chi connectivity index (χ1n) is 4.80. The second-order valence-electron chi connectivity index (χ2n) is 3.33. The molecule has 84 valence electrons. The van der Waals surface area contributed by atoms with E-state index < -0.39 is 6.10 Å². The van der Waals surface area contributed by atoms with E-state index >= 15 is 0 Å². The fourth-order valence-electron chi connectivity index (χ4n) is 1.20. The summed E-state index contributed by atoms with van der Waals surface area (Å²) in [5.41, 5.74) is 1.06. The zero-order chi connectivity index (χ0) is 11.3. The number of halogens is 1. The molecule has 0 saturated carbocycles. The maximum absolute atomic E-state index is 9.22. The Kier molecular flexibility index (Phi) is 5.47. The molecule has 0 radical (unpaired) electrons. The van der Waals surface area contributed by atoms with Crippen LogP contribution in [0.3, 0.4) is 0 Å². The van der Waals surface area contributed by atoms with Crippen LogP contribution in [-0.4, -0.2) is 28.7 Å². The van der Waals surface area contributed by atoms with Crippen molar-refractivity contribution in [1.82, 2.24) is 0 Å². The molecule has 1 rings (SSSR count). The van der Waals surface area contributed by atoms with Gasteiger partial charge in [0, 0.05) is 16.0 Å². The van der Waals surface area contributed by atoms with Crippen molar-refractivity contribution < 1.29 is 10.2 Å². The molecule has 4 heteroatoms. The molecule has 0 amide bonds. The largest absolute Gasteiger partial charge is 0.394 e. The Hall–Kier alpha value is -0.220. The molecule has 1 aromatic rings. The Balaban J connectivity index is 2.54. The average molecular weight is 247 g/mol. The van der Waals surface area contributed by atoms with Crippen molar-refractivity contribution in [2.24, 2.45) is 0 Å². The fourth-order valence-corrected chi connectivity index (χ4v) is 2.57. The Bertz CT molecular complexity index is 306. The van der Waals surface area contributed by atoms with Crippen LogP contribution in [0.5, 0.6) is 0 Å². The first-order chi connectivity index (χ1) is 7.15. The quantitative estimate of drug-likeness (QED) is 0.839. The predicted molar refractivity (Wildman–Crippen MR) is 65.4 cm³/mol. The molecule has 0 aliphatic carbocycles. The summed E-state index contributed by atoms with van der Waals surface area (Å²) in [4.78, 5) is 0. The van der Waals surface area contributed by atoms with E-state index in [1.807, 2.05) is 31.2 Å². The molecule has 2 N–H and O–H groups in total. The molecule has 0 fully saturated rings. The third-order valence-corrected chi connectivity index (χ3v) is 3.77. The minimum atomic E-state index is -0.653. The number of thioether (sulfide) groups is 1. The van der Waals surface area contributed by atoms with Gasteiger partial charge in [0.25, 0.3) is 0 Å². The Morgan fingerprint density at radius 2 is 2.07 bits per heavy atom. The molecule has 0 bridgehead atoms. The van der Waals surface area contributed by atoms with Crippen molar-refractivity contribution in [3.05, 3.63) is 34.9 Å². The van der Waals surface area contributed by atoms with E-state index in [1.54, 1.807) is 11.8 Å². The third kappa shape index (κ3) is 4.03. The van der Waals surface area contributed by atoms with E-state index in [2.05, 4.69) is 0 Å². The molecule has 0 spiro atoms. The average Bonchev–Trinajstić information content (AvgIpc) is 2.26. The highest BCUT2D eigenvalue weighted by atomic mass is 35.5. The molecule has 1 aromatic carbocycles. The lowest BCUT2D eigenvalue weighted by Gasteiger charge is -2.14. The number of hydrogen-bond acceptors (Lipinski definition) is 3. The van der Waals surface area contributed by atoms with Crippen LogP contribution in [0, 0.1) is 0 Å². The van der Waals surface area contributed by atoms with Crippen LogP contribution in [0.25, 0.3) is 0 Å². The van der Waals surface area contributed by atoms with Crippen LogP contribution in [0.2, 0.25) is 5.02 Å². The van der Waals surface area contributed by atoms with Crippen LogP contribution >= 0.6 is 23.4 Å². The Morgan fingerprint density at radius 1 is 1.40 bits per heavy atom. The van der Waals surface area contributed by atoms with Crippen LogP contribution in [0.4, 0.5) is 0 Å². The molecule has 0 heterocycles. The second-order valence-corrected chi connectivity index (χ2v) is 5.11. The van der Waals surface area contributed by atoms with Gasteiger partial charge < -0.3 is 10.2 Å². The smallest absolute Gasteiger partial charge is 0.0861 e. The van der Waals surface area contributed by atoms with Gasteiger partial charge in [-0.25, -0.2) is 0 Å². The molecule has 0 saturated heterocycles.